The van der Waals surface area contributed by atoms with Crippen LogP contribution in [0.3, 0.4) is 0 Å². The van der Waals surface area contributed by atoms with Crippen LogP contribution in [0.4, 0.5) is 4.79 Å². The molecule has 0 bridgehead atoms. The van der Waals surface area contributed by atoms with Crippen molar-refractivity contribution in [1.82, 2.24) is 20.4 Å². The first-order valence-corrected chi connectivity index (χ1v) is 17.6. The number of ketones is 1. The van der Waals surface area contributed by atoms with Crippen molar-refractivity contribution in [3.8, 4) is 0 Å². The third-order valence-corrected chi connectivity index (χ3v) is 8.62. The highest BCUT2D eigenvalue weighted by Gasteiger charge is 2.23. The van der Waals surface area contributed by atoms with E-state index < -0.39 is 0 Å². The van der Waals surface area contributed by atoms with E-state index in [2.05, 4.69) is 10.6 Å². The number of imide groups is 2. The topological polar surface area (TPSA) is 133 Å². The van der Waals surface area contributed by atoms with Gasteiger partial charge in [0.2, 0.25) is 23.6 Å². The molecule has 10 nitrogen and oxygen atoms in total. The van der Waals surface area contributed by atoms with E-state index in [-0.39, 0.29) is 29.7 Å². The maximum Gasteiger partial charge on any atom is 0.314 e. The number of hydrogen-bond donors (Lipinski definition) is 2. The second-order valence-electron chi connectivity index (χ2n) is 12.5. The summed E-state index contributed by atoms with van der Waals surface area (Å²) in [7, 11) is 0. The molecule has 2 N–H and O–H groups in total. The molecule has 0 atom stereocenters. The van der Waals surface area contributed by atoms with Crippen LogP contribution in [0.25, 0.3) is 0 Å². The molecule has 0 radical (unpaired) electrons. The van der Waals surface area contributed by atoms with E-state index in [4.69, 9.17) is 0 Å². The molecule has 0 aromatic rings. The minimum absolute atomic E-state index is 0.0213. The molecular formula is C34H58N4O6. The van der Waals surface area contributed by atoms with Crippen LogP contribution in [-0.2, 0) is 24.0 Å². The monoisotopic (exact) mass is 618 g/mol. The van der Waals surface area contributed by atoms with Crippen molar-refractivity contribution in [3.05, 3.63) is 0 Å². The predicted molar refractivity (Wildman–Crippen MR) is 171 cm³/mol. The first kappa shape index (κ1) is 37.4. The fourth-order valence-electron chi connectivity index (χ4n) is 5.86. The molecule has 0 unspecified atom stereocenters. The molecule has 2 aliphatic heterocycles. The molecule has 2 aliphatic rings. The number of likely N-dealkylation sites (tertiary alicyclic amines) is 2. The van der Waals surface area contributed by atoms with Gasteiger partial charge in [-0.25, -0.2) is 4.79 Å². The van der Waals surface area contributed by atoms with Gasteiger partial charge in [-0.1, -0.05) is 51.4 Å². The molecule has 2 saturated heterocycles. The van der Waals surface area contributed by atoms with Crippen molar-refractivity contribution in [1.29, 1.82) is 0 Å². The van der Waals surface area contributed by atoms with Crippen molar-refractivity contribution in [3.63, 3.8) is 0 Å². The zero-order chi connectivity index (χ0) is 31.8. The number of amides is 6. The number of urea groups is 1. The Bertz CT molecular complexity index is 836. The number of unbranched alkanes of at least 4 members (excludes halogenated alkanes) is 9. The van der Waals surface area contributed by atoms with Gasteiger partial charge >= 0.3 is 6.03 Å². The minimum atomic E-state index is -0.166. The van der Waals surface area contributed by atoms with Gasteiger partial charge in [-0.2, -0.15) is 0 Å². The minimum Gasteiger partial charge on any atom is -0.338 e. The number of nitrogens with one attached hydrogen (secondary N) is 2. The van der Waals surface area contributed by atoms with Crippen molar-refractivity contribution in [2.75, 3.05) is 26.2 Å². The fraction of sp³-hybridized carbons (Fsp3) is 0.824. The van der Waals surface area contributed by atoms with E-state index in [1.807, 2.05) is 0 Å². The van der Waals surface area contributed by atoms with Crippen LogP contribution in [0.1, 0.15) is 154 Å². The lowest BCUT2D eigenvalue weighted by atomic mass is 10.0. The summed E-state index contributed by atoms with van der Waals surface area (Å²) >= 11 is 0. The summed E-state index contributed by atoms with van der Waals surface area (Å²) in [6.07, 6.45) is 19.4. The molecule has 0 aliphatic carbocycles. The summed E-state index contributed by atoms with van der Waals surface area (Å²) in [6.45, 7) is 2.32. The van der Waals surface area contributed by atoms with Crippen molar-refractivity contribution in [2.45, 2.75) is 154 Å². The van der Waals surface area contributed by atoms with E-state index in [0.717, 1.165) is 116 Å². The Kier molecular flexibility index (Phi) is 20.0. The van der Waals surface area contributed by atoms with Crippen molar-refractivity contribution in [2.24, 2.45) is 0 Å². The van der Waals surface area contributed by atoms with Crippen LogP contribution < -0.4 is 10.6 Å². The van der Waals surface area contributed by atoms with Gasteiger partial charge in [0, 0.05) is 64.7 Å². The van der Waals surface area contributed by atoms with Gasteiger partial charge in [-0.3, -0.25) is 33.8 Å². The van der Waals surface area contributed by atoms with Crippen LogP contribution in [0.5, 0.6) is 0 Å². The third kappa shape index (κ3) is 16.9. The lowest BCUT2D eigenvalue weighted by Crippen LogP contribution is -2.36. The Morgan fingerprint density at radius 1 is 0.477 bits per heavy atom. The van der Waals surface area contributed by atoms with Gasteiger partial charge < -0.3 is 10.6 Å². The van der Waals surface area contributed by atoms with Gasteiger partial charge in [0.1, 0.15) is 5.78 Å². The molecule has 0 spiro atoms. The molecule has 0 saturated carbocycles. The largest absolute Gasteiger partial charge is 0.338 e. The zero-order valence-corrected chi connectivity index (χ0v) is 27.1. The van der Waals surface area contributed by atoms with Crippen LogP contribution in [0, 0.1) is 0 Å². The van der Waals surface area contributed by atoms with Gasteiger partial charge in [-0.05, 0) is 64.2 Å². The summed E-state index contributed by atoms with van der Waals surface area (Å²) in [6, 6.07) is -0.166. The quantitative estimate of drug-likeness (QED) is 0.153. The lowest BCUT2D eigenvalue weighted by Gasteiger charge is -2.18. The molecule has 250 valence electrons. The Morgan fingerprint density at radius 2 is 0.864 bits per heavy atom. The molecule has 0 aromatic carbocycles. The molecule has 0 aromatic heterocycles. The molecule has 44 heavy (non-hydrogen) atoms. The van der Waals surface area contributed by atoms with E-state index >= 15 is 0 Å². The van der Waals surface area contributed by atoms with Crippen molar-refractivity contribution < 1.29 is 28.8 Å². The fourth-order valence-corrected chi connectivity index (χ4v) is 5.86. The summed E-state index contributed by atoms with van der Waals surface area (Å²) < 4.78 is 0. The lowest BCUT2D eigenvalue weighted by molar-refractivity contribution is -0.146. The Labute approximate surface area is 264 Å². The van der Waals surface area contributed by atoms with E-state index in [1.165, 1.54) is 9.80 Å². The smallest absolute Gasteiger partial charge is 0.314 e. The molecule has 2 fully saturated rings. The second-order valence-corrected chi connectivity index (χ2v) is 12.5. The second kappa shape index (κ2) is 23.6. The maximum atomic E-state index is 12.3. The average Bonchev–Trinajstić information content (AvgIpc) is 3.36. The van der Waals surface area contributed by atoms with Gasteiger partial charge in [0.25, 0.3) is 0 Å². The number of rotatable bonds is 21. The Morgan fingerprint density at radius 3 is 1.34 bits per heavy atom. The van der Waals surface area contributed by atoms with Crippen LogP contribution >= 0.6 is 0 Å². The predicted octanol–water partition coefficient (Wildman–Crippen LogP) is 5.95. The Balaban J connectivity index is 1.32. The summed E-state index contributed by atoms with van der Waals surface area (Å²) in [5.41, 5.74) is 0. The molecule has 2 heterocycles. The summed E-state index contributed by atoms with van der Waals surface area (Å²) in [4.78, 5) is 75.6. The first-order valence-electron chi connectivity index (χ1n) is 17.6. The molecule has 10 heteroatoms. The van der Waals surface area contributed by atoms with Crippen molar-refractivity contribution >= 4 is 35.4 Å². The van der Waals surface area contributed by atoms with E-state index in [1.54, 1.807) is 0 Å². The SMILES string of the molecule is O=C(CCCCCCCNC(=O)NCCCCCC(=O)N1CCCCCC1=O)CCCCCCC(=O)N1CCCCCC1=O. The number of carbonyl (C=O) groups is 6. The van der Waals surface area contributed by atoms with Crippen LogP contribution in [0.2, 0.25) is 0 Å². The van der Waals surface area contributed by atoms with Crippen LogP contribution in [-0.4, -0.2) is 71.4 Å². The van der Waals surface area contributed by atoms with E-state index in [9.17, 15) is 28.8 Å². The molecule has 2 rings (SSSR count). The highest BCUT2D eigenvalue weighted by atomic mass is 16.2. The normalized spacial score (nSPS) is 15.9. The zero-order valence-electron chi connectivity index (χ0n) is 27.1. The van der Waals surface area contributed by atoms with Gasteiger partial charge in [0.05, 0.1) is 0 Å². The van der Waals surface area contributed by atoms with Gasteiger partial charge in [0.15, 0.2) is 0 Å². The Hall–Kier alpha value is -2.78. The van der Waals surface area contributed by atoms with Gasteiger partial charge in [-0.15, -0.1) is 0 Å². The number of hydrogen-bond acceptors (Lipinski definition) is 6. The average molecular weight is 619 g/mol. The molecular weight excluding hydrogens is 560 g/mol. The maximum absolute atomic E-state index is 12.3. The highest BCUT2D eigenvalue weighted by Crippen LogP contribution is 2.16. The standard InChI is InChI=1S/C34H58N4O6/c39-29(20-10-3-4-11-21-30(40)37-27-17-7-13-23-32(37)42)19-9-2-1-5-15-25-35-34(44)36-26-16-6-12-22-31(41)38-28-18-8-14-24-33(38)43/h1-28H2,(H2,35,36,44). The first-order chi connectivity index (χ1) is 21.4. The number of Topliss-reactive ketones (excluding diaryl/α,β-unsaturated/α-hetero) is 1. The summed E-state index contributed by atoms with van der Waals surface area (Å²) in [5.74, 6) is 0.154. The third-order valence-electron chi connectivity index (χ3n) is 8.62. The van der Waals surface area contributed by atoms with Crippen LogP contribution in [0.15, 0.2) is 0 Å². The summed E-state index contributed by atoms with van der Waals surface area (Å²) in [5, 5.41) is 5.74. The molecule has 6 amide bonds. The number of carbonyl (C=O) groups excluding carboxylic acids is 6. The number of nitrogens with zero attached hydrogens (tertiary/aromatic N) is 2. The van der Waals surface area contributed by atoms with E-state index in [0.29, 0.717) is 70.5 Å². The highest BCUT2D eigenvalue weighted by molar-refractivity contribution is 5.96.